The molecule has 0 bridgehead atoms. The number of hydrogen-bond acceptors (Lipinski definition) is 4. The number of nitrogens with one attached hydrogen (secondary N) is 1. The number of anilines is 1. The van der Waals surface area contributed by atoms with Crippen molar-refractivity contribution in [2.45, 2.75) is 26.3 Å². The van der Waals surface area contributed by atoms with Crippen molar-refractivity contribution >= 4 is 23.5 Å². The number of amides is 1. The molecule has 0 radical (unpaired) electrons. The molecule has 0 aliphatic heterocycles. The van der Waals surface area contributed by atoms with Crippen molar-refractivity contribution in [2.24, 2.45) is 11.7 Å². The van der Waals surface area contributed by atoms with Gasteiger partial charge in [0.2, 0.25) is 11.9 Å². The Morgan fingerprint density at radius 3 is 2.88 bits per heavy atom. The average molecular weight is 243 g/mol. The minimum absolute atomic E-state index is 0.178. The number of carbonyl (C=O) groups is 1. The highest BCUT2D eigenvalue weighted by atomic mass is 35.5. The van der Waals surface area contributed by atoms with E-state index in [0.717, 1.165) is 0 Å². The molecule has 6 heteroatoms. The Morgan fingerprint density at radius 1 is 1.62 bits per heavy atom. The van der Waals surface area contributed by atoms with Gasteiger partial charge in [-0.05, 0) is 18.4 Å². The summed E-state index contributed by atoms with van der Waals surface area (Å²) in [5.74, 6) is 0.244. The molecule has 1 amide bonds. The Balaban J connectivity index is 2.57. The Labute approximate surface area is 99.4 Å². The molecule has 0 aliphatic rings. The van der Waals surface area contributed by atoms with Gasteiger partial charge >= 0.3 is 0 Å². The fourth-order valence-corrected chi connectivity index (χ4v) is 1.35. The normalized spacial score (nSPS) is 12.6. The first-order valence-electron chi connectivity index (χ1n) is 5.04. The second kappa shape index (κ2) is 5.77. The van der Waals surface area contributed by atoms with Crippen molar-refractivity contribution in [3.05, 3.63) is 17.4 Å². The third-order valence-electron chi connectivity index (χ3n) is 1.92. The van der Waals surface area contributed by atoms with Crippen LogP contribution >= 0.6 is 11.6 Å². The number of rotatable bonds is 4. The fourth-order valence-electron chi connectivity index (χ4n) is 1.21. The summed E-state index contributed by atoms with van der Waals surface area (Å²) < 4.78 is 0. The maximum atomic E-state index is 11.6. The van der Waals surface area contributed by atoms with E-state index in [1.54, 1.807) is 0 Å². The maximum absolute atomic E-state index is 11.6. The summed E-state index contributed by atoms with van der Waals surface area (Å²) in [5.41, 5.74) is 5.70. The molecule has 1 rings (SSSR count). The Kier molecular flexibility index (Phi) is 4.64. The van der Waals surface area contributed by atoms with Crippen molar-refractivity contribution in [1.29, 1.82) is 0 Å². The zero-order chi connectivity index (χ0) is 12.1. The first kappa shape index (κ1) is 12.9. The first-order chi connectivity index (χ1) is 7.49. The van der Waals surface area contributed by atoms with Crippen LogP contribution < -0.4 is 11.1 Å². The summed E-state index contributed by atoms with van der Waals surface area (Å²) in [5, 5.41) is 2.80. The Morgan fingerprint density at radius 2 is 2.31 bits per heavy atom. The molecular formula is C10H15ClN4O. The molecule has 1 aromatic rings. The van der Waals surface area contributed by atoms with Crippen LogP contribution in [0.25, 0.3) is 0 Å². The van der Waals surface area contributed by atoms with Crippen LogP contribution in [0.4, 0.5) is 5.95 Å². The summed E-state index contributed by atoms with van der Waals surface area (Å²) >= 11 is 5.66. The third-order valence-corrected chi connectivity index (χ3v) is 2.13. The fraction of sp³-hybridized carbons (Fsp3) is 0.500. The molecule has 16 heavy (non-hydrogen) atoms. The minimum Gasteiger partial charge on any atom is -0.320 e. The topological polar surface area (TPSA) is 80.9 Å². The van der Waals surface area contributed by atoms with E-state index in [4.69, 9.17) is 17.3 Å². The molecule has 0 unspecified atom stereocenters. The van der Waals surface area contributed by atoms with Crippen LogP contribution in [0.2, 0.25) is 5.15 Å². The molecule has 0 aliphatic carbocycles. The molecular weight excluding hydrogens is 228 g/mol. The molecule has 88 valence electrons. The molecule has 1 heterocycles. The van der Waals surface area contributed by atoms with Crippen LogP contribution in [-0.2, 0) is 4.79 Å². The van der Waals surface area contributed by atoms with Crippen LogP contribution in [0.5, 0.6) is 0 Å². The molecule has 0 saturated carbocycles. The zero-order valence-corrected chi connectivity index (χ0v) is 10.0. The predicted molar refractivity (Wildman–Crippen MR) is 63.1 cm³/mol. The third kappa shape index (κ3) is 4.12. The molecule has 5 nitrogen and oxygen atoms in total. The summed E-state index contributed by atoms with van der Waals surface area (Å²) in [6.07, 6.45) is 2.09. The van der Waals surface area contributed by atoms with E-state index in [9.17, 15) is 4.79 Å². The highest BCUT2D eigenvalue weighted by Crippen LogP contribution is 2.08. The van der Waals surface area contributed by atoms with Gasteiger partial charge in [-0.15, -0.1) is 0 Å². The first-order valence-corrected chi connectivity index (χ1v) is 5.42. The van der Waals surface area contributed by atoms with Gasteiger partial charge in [-0.3, -0.25) is 10.1 Å². The van der Waals surface area contributed by atoms with Crippen molar-refractivity contribution < 1.29 is 4.79 Å². The van der Waals surface area contributed by atoms with Crippen molar-refractivity contribution in [3.8, 4) is 0 Å². The van der Waals surface area contributed by atoms with Gasteiger partial charge in [-0.2, -0.15) is 0 Å². The zero-order valence-electron chi connectivity index (χ0n) is 9.27. The standard InChI is InChI=1S/C10H15ClN4O/c1-6(2)5-7(12)9(16)15-10-13-4-3-8(11)14-10/h3-4,6-7H,5,12H2,1-2H3,(H,13,14,15,16)/t7-/m1/s1. The summed E-state index contributed by atoms with van der Waals surface area (Å²) in [7, 11) is 0. The van der Waals surface area contributed by atoms with Crippen LogP contribution in [0.3, 0.4) is 0 Å². The van der Waals surface area contributed by atoms with Gasteiger partial charge in [0.05, 0.1) is 6.04 Å². The molecule has 0 saturated heterocycles. The molecule has 1 aromatic heterocycles. The van der Waals surface area contributed by atoms with E-state index in [1.807, 2.05) is 13.8 Å². The number of nitrogens with two attached hydrogens (primary N) is 1. The second-order valence-corrected chi connectivity index (χ2v) is 4.32. The van der Waals surface area contributed by atoms with E-state index >= 15 is 0 Å². The lowest BCUT2D eigenvalue weighted by Crippen LogP contribution is -2.37. The van der Waals surface area contributed by atoms with Crippen LogP contribution in [-0.4, -0.2) is 21.9 Å². The van der Waals surface area contributed by atoms with E-state index in [-0.39, 0.29) is 17.0 Å². The molecule has 0 aromatic carbocycles. The van der Waals surface area contributed by atoms with Crippen molar-refractivity contribution in [2.75, 3.05) is 5.32 Å². The lowest BCUT2D eigenvalue weighted by molar-refractivity contribution is -0.117. The average Bonchev–Trinajstić information content (AvgIpc) is 2.16. The van der Waals surface area contributed by atoms with E-state index < -0.39 is 6.04 Å². The second-order valence-electron chi connectivity index (χ2n) is 3.93. The monoisotopic (exact) mass is 242 g/mol. The summed E-state index contributed by atoms with van der Waals surface area (Å²) in [6.45, 7) is 4.01. The Bertz CT molecular complexity index is 370. The number of nitrogens with zero attached hydrogens (tertiary/aromatic N) is 2. The number of aromatic nitrogens is 2. The molecule has 1 atom stereocenters. The largest absolute Gasteiger partial charge is 0.320 e. The molecule has 0 fully saturated rings. The minimum atomic E-state index is -0.553. The summed E-state index contributed by atoms with van der Waals surface area (Å²) in [6, 6.07) is 0.980. The lowest BCUT2D eigenvalue weighted by atomic mass is 10.0. The van der Waals surface area contributed by atoms with E-state index in [1.165, 1.54) is 12.3 Å². The smallest absolute Gasteiger partial charge is 0.243 e. The predicted octanol–water partition coefficient (Wildman–Crippen LogP) is 1.44. The van der Waals surface area contributed by atoms with Crippen LogP contribution in [0.1, 0.15) is 20.3 Å². The van der Waals surface area contributed by atoms with Crippen molar-refractivity contribution in [1.82, 2.24) is 9.97 Å². The number of halogens is 1. The molecule has 0 spiro atoms. The molecule has 3 N–H and O–H groups in total. The van der Waals surface area contributed by atoms with E-state index in [0.29, 0.717) is 12.3 Å². The van der Waals surface area contributed by atoms with Crippen LogP contribution in [0, 0.1) is 5.92 Å². The van der Waals surface area contributed by atoms with Gasteiger partial charge in [-0.25, -0.2) is 9.97 Å². The van der Waals surface area contributed by atoms with Gasteiger partial charge < -0.3 is 5.73 Å². The SMILES string of the molecule is CC(C)C[C@@H](N)C(=O)Nc1nccc(Cl)n1. The highest BCUT2D eigenvalue weighted by molar-refractivity contribution is 6.29. The quantitative estimate of drug-likeness (QED) is 0.783. The van der Waals surface area contributed by atoms with Gasteiger partial charge in [0, 0.05) is 6.20 Å². The Hall–Kier alpha value is -1.20. The lowest BCUT2D eigenvalue weighted by Gasteiger charge is -2.13. The van der Waals surface area contributed by atoms with E-state index in [2.05, 4.69) is 15.3 Å². The van der Waals surface area contributed by atoms with Crippen LogP contribution in [0.15, 0.2) is 12.3 Å². The summed E-state index contributed by atoms with van der Waals surface area (Å²) in [4.78, 5) is 19.3. The van der Waals surface area contributed by atoms with Gasteiger partial charge in [0.15, 0.2) is 0 Å². The van der Waals surface area contributed by atoms with Crippen molar-refractivity contribution in [3.63, 3.8) is 0 Å². The van der Waals surface area contributed by atoms with Gasteiger partial charge in [0.1, 0.15) is 5.15 Å². The maximum Gasteiger partial charge on any atom is 0.243 e. The van der Waals surface area contributed by atoms with Gasteiger partial charge in [0.25, 0.3) is 0 Å². The van der Waals surface area contributed by atoms with Gasteiger partial charge in [-0.1, -0.05) is 25.4 Å². The number of hydrogen-bond donors (Lipinski definition) is 2. The number of carbonyl (C=O) groups excluding carboxylic acids is 1. The highest BCUT2D eigenvalue weighted by Gasteiger charge is 2.15.